The van der Waals surface area contributed by atoms with E-state index in [4.69, 9.17) is 14.6 Å². The SMILES string of the molecule is C=CCOc1ccc(C(=O)N(C)CCCC(=O)O)cc1OC. The van der Waals surface area contributed by atoms with Crippen LogP contribution in [0.1, 0.15) is 23.2 Å². The van der Waals surface area contributed by atoms with Crippen molar-refractivity contribution in [2.75, 3.05) is 27.3 Å². The molecule has 0 aliphatic heterocycles. The standard InChI is InChI=1S/C16H21NO5/c1-4-10-22-13-8-7-12(11-14(13)21-3)16(20)17(2)9-5-6-15(18)19/h4,7-8,11H,1,5-6,9-10H2,2-3H3,(H,18,19). The molecular formula is C16H21NO5. The Bertz CT molecular complexity index is 541. The second kappa shape index (κ2) is 8.71. The molecule has 6 heteroatoms. The molecule has 0 saturated heterocycles. The van der Waals surface area contributed by atoms with Crippen LogP contribution in [0.2, 0.25) is 0 Å². The maximum Gasteiger partial charge on any atom is 0.303 e. The predicted molar refractivity (Wildman–Crippen MR) is 82.5 cm³/mol. The molecule has 1 rings (SSSR count). The van der Waals surface area contributed by atoms with Crippen LogP contribution in [0.25, 0.3) is 0 Å². The lowest BCUT2D eigenvalue weighted by atomic mass is 10.1. The third-order valence-corrected chi connectivity index (χ3v) is 3.00. The highest BCUT2D eigenvalue weighted by molar-refractivity contribution is 5.94. The van der Waals surface area contributed by atoms with Crippen LogP contribution >= 0.6 is 0 Å². The molecule has 1 N–H and O–H groups in total. The highest BCUT2D eigenvalue weighted by Gasteiger charge is 2.15. The largest absolute Gasteiger partial charge is 0.493 e. The van der Waals surface area contributed by atoms with Gasteiger partial charge in [-0.15, -0.1) is 0 Å². The quantitative estimate of drug-likeness (QED) is 0.708. The van der Waals surface area contributed by atoms with E-state index in [-0.39, 0.29) is 12.3 Å². The molecule has 0 atom stereocenters. The number of ether oxygens (including phenoxy) is 2. The summed E-state index contributed by atoms with van der Waals surface area (Å²) in [5.74, 6) is -0.0654. The van der Waals surface area contributed by atoms with Crippen LogP contribution < -0.4 is 9.47 Å². The third-order valence-electron chi connectivity index (χ3n) is 3.00. The average Bonchev–Trinajstić information content (AvgIpc) is 2.51. The topological polar surface area (TPSA) is 76.1 Å². The van der Waals surface area contributed by atoms with Gasteiger partial charge in [-0.3, -0.25) is 9.59 Å². The first-order valence-electron chi connectivity index (χ1n) is 6.88. The summed E-state index contributed by atoms with van der Waals surface area (Å²) in [6.45, 7) is 4.30. The molecule has 0 bridgehead atoms. The minimum Gasteiger partial charge on any atom is -0.493 e. The van der Waals surface area contributed by atoms with E-state index in [0.29, 0.717) is 36.6 Å². The number of rotatable bonds is 9. The lowest BCUT2D eigenvalue weighted by Gasteiger charge is -2.18. The van der Waals surface area contributed by atoms with E-state index < -0.39 is 5.97 Å². The van der Waals surface area contributed by atoms with E-state index in [1.54, 1.807) is 31.3 Å². The fraction of sp³-hybridized carbons (Fsp3) is 0.375. The van der Waals surface area contributed by atoms with Crippen LogP contribution in [0.5, 0.6) is 11.5 Å². The number of benzene rings is 1. The molecule has 0 heterocycles. The minimum atomic E-state index is -0.869. The van der Waals surface area contributed by atoms with Gasteiger partial charge in [0, 0.05) is 25.6 Å². The van der Waals surface area contributed by atoms with Gasteiger partial charge < -0.3 is 19.5 Å². The van der Waals surface area contributed by atoms with Gasteiger partial charge in [-0.1, -0.05) is 12.7 Å². The van der Waals surface area contributed by atoms with Crippen molar-refractivity contribution in [2.24, 2.45) is 0 Å². The number of aliphatic carboxylic acids is 1. The number of carboxylic acids is 1. The van der Waals surface area contributed by atoms with Crippen molar-refractivity contribution in [1.82, 2.24) is 4.90 Å². The molecule has 6 nitrogen and oxygen atoms in total. The van der Waals surface area contributed by atoms with Gasteiger partial charge in [0.15, 0.2) is 11.5 Å². The molecule has 0 spiro atoms. The normalized spacial score (nSPS) is 9.91. The summed E-state index contributed by atoms with van der Waals surface area (Å²) in [5.41, 5.74) is 0.459. The molecule has 0 aromatic heterocycles. The van der Waals surface area contributed by atoms with Gasteiger partial charge in [-0.2, -0.15) is 0 Å². The second-order valence-corrected chi connectivity index (χ2v) is 4.69. The third kappa shape index (κ3) is 5.12. The summed E-state index contributed by atoms with van der Waals surface area (Å²) in [5, 5.41) is 8.61. The van der Waals surface area contributed by atoms with Crippen molar-refractivity contribution in [3.05, 3.63) is 36.4 Å². The van der Waals surface area contributed by atoms with Gasteiger partial charge in [0.05, 0.1) is 7.11 Å². The fourth-order valence-corrected chi connectivity index (χ4v) is 1.86. The molecule has 1 aromatic carbocycles. The molecule has 0 aliphatic carbocycles. The summed E-state index contributed by atoms with van der Waals surface area (Å²) in [7, 11) is 3.14. The number of amides is 1. The monoisotopic (exact) mass is 307 g/mol. The highest BCUT2D eigenvalue weighted by atomic mass is 16.5. The van der Waals surface area contributed by atoms with Crippen LogP contribution in [0.4, 0.5) is 0 Å². The van der Waals surface area contributed by atoms with Gasteiger partial charge >= 0.3 is 5.97 Å². The Morgan fingerprint density at radius 3 is 2.68 bits per heavy atom. The molecule has 0 aliphatic rings. The maximum atomic E-state index is 12.3. The first-order chi connectivity index (χ1) is 10.5. The Morgan fingerprint density at radius 1 is 1.36 bits per heavy atom. The van der Waals surface area contributed by atoms with Crippen molar-refractivity contribution >= 4 is 11.9 Å². The molecule has 1 aromatic rings. The second-order valence-electron chi connectivity index (χ2n) is 4.69. The molecular weight excluding hydrogens is 286 g/mol. The van der Waals surface area contributed by atoms with Crippen LogP contribution in [0, 0.1) is 0 Å². The van der Waals surface area contributed by atoms with Gasteiger partial charge in [-0.05, 0) is 24.6 Å². The first kappa shape index (κ1) is 17.6. The van der Waals surface area contributed by atoms with E-state index in [9.17, 15) is 9.59 Å². The van der Waals surface area contributed by atoms with Crippen LogP contribution in [0.3, 0.4) is 0 Å². The van der Waals surface area contributed by atoms with Crippen LogP contribution in [-0.2, 0) is 4.79 Å². The van der Waals surface area contributed by atoms with E-state index in [1.807, 2.05) is 0 Å². The Kier molecular flexibility index (Phi) is 6.95. The van der Waals surface area contributed by atoms with Gasteiger partial charge in [0.1, 0.15) is 6.61 Å². The van der Waals surface area contributed by atoms with Gasteiger partial charge in [0.25, 0.3) is 5.91 Å². The summed E-state index contributed by atoms with van der Waals surface area (Å²) in [6, 6.07) is 4.92. The van der Waals surface area contributed by atoms with Crippen molar-refractivity contribution in [3.8, 4) is 11.5 Å². The lowest BCUT2D eigenvalue weighted by Crippen LogP contribution is -2.28. The Morgan fingerprint density at radius 2 is 2.09 bits per heavy atom. The number of carbonyl (C=O) groups excluding carboxylic acids is 1. The van der Waals surface area contributed by atoms with E-state index in [2.05, 4.69) is 6.58 Å². The molecule has 22 heavy (non-hydrogen) atoms. The number of hydrogen-bond donors (Lipinski definition) is 1. The molecule has 0 unspecified atom stereocenters. The number of carbonyl (C=O) groups is 2. The van der Waals surface area contributed by atoms with Crippen molar-refractivity contribution < 1.29 is 24.2 Å². The number of hydrogen-bond acceptors (Lipinski definition) is 4. The Labute approximate surface area is 129 Å². The Hall–Kier alpha value is -2.50. The average molecular weight is 307 g/mol. The molecule has 0 fully saturated rings. The zero-order valence-electron chi connectivity index (χ0n) is 12.9. The Balaban J connectivity index is 2.76. The number of methoxy groups -OCH3 is 1. The van der Waals surface area contributed by atoms with Crippen LogP contribution in [-0.4, -0.2) is 49.2 Å². The van der Waals surface area contributed by atoms with Crippen molar-refractivity contribution in [1.29, 1.82) is 0 Å². The summed E-state index contributed by atoms with van der Waals surface area (Å²) in [6.07, 6.45) is 2.07. The first-order valence-corrected chi connectivity index (χ1v) is 6.88. The van der Waals surface area contributed by atoms with Gasteiger partial charge in [-0.25, -0.2) is 0 Å². The number of carboxylic acid groups (broad SMARTS) is 1. The summed E-state index contributed by atoms with van der Waals surface area (Å²) < 4.78 is 10.6. The molecule has 0 saturated carbocycles. The van der Waals surface area contributed by atoms with E-state index in [1.165, 1.54) is 12.0 Å². The zero-order chi connectivity index (χ0) is 16.5. The van der Waals surface area contributed by atoms with E-state index in [0.717, 1.165) is 0 Å². The smallest absolute Gasteiger partial charge is 0.303 e. The summed E-state index contributed by atoms with van der Waals surface area (Å²) in [4.78, 5) is 24.3. The van der Waals surface area contributed by atoms with E-state index >= 15 is 0 Å². The molecule has 120 valence electrons. The van der Waals surface area contributed by atoms with Crippen molar-refractivity contribution in [2.45, 2.75) is 12.8 Å². The fourth-order valence-electron chi connectivity index (χ4n) is 1.86. The van der Waals surface area contributed by atoms with Gasteiger partial charge in [0.2, 0.25) is 0 Å². The molecule has 1 amide bonds. The molecule has 0 radical (unpaired) electrons. The maximum absolute atomic E-state index is 12.3. The minimum absolute atomic E-state index is 0.0370. The zero-order valence-corrected chi connectivity index (χ0v) is 12.9. The van der Waals surface area contributed by atoms with Crippen molar-refractivity contribution in [3.63, 3.8) is 0 Å². The number of nitrogens with zero attached hydrogens (tertiary/aromatic N) is 1. The van der Waals surface area contributed by atoms with Crippen LogP contribution in [0.15, 0.2) is 30.9 Å². The highest BCUT2D eigenvalue weighted by Crippen LogP contribution is 2.28. The predicted octanol–water partition coefficient (Wildman–Crippen LogP) is 2.20. The summed E-state index contributed by atoms with van der Waals surface area (Å²) >= 11 is 0. The lowest BCUT2D eigenvalue weighted by molar-refractivity contribution is -0.137.